The zero-order valence-electron chi connectivity index (χ0n) is 16.4. The molecule has 3 rings (SSSR count). The fourth-order valence-corrected chi connectivity index (χ4v) is 3.74. The van der Waals surface area contributed by atoms with Gasteiger partial charge in [-0.2, -0.15) is 13.2 Å². The van der Waals surface area contributed by atoms with Gasteiger partial charge in [0, 0.05) is 16.8 Å². The lowest BCUT2D eigenvalue weighted by atomic mass is 9.94. The van der Waals surface area contributed by atoms with Crippen LogP contribution in [0.4, 0.5) is 17.6 Å². The molecule has 0 bridgehead atoms. The summed E-state index contributed by atoms with van der Waals surface area (Å²) in [4.78, 5) is -0.00704. The average molecular weight is 452 g/mol. The van der Waals surface area contributed by atoms with Crippen molar-refractivity contribution in [2.75, 3.05) is 19.9 Å². The van der Waals surface area contributed by atoms with Crippen LogP contribution in [0.15, 0.2) is 58.2 Å². The Morgan fingerprint density at radius 2 is 1.74 bits per heavy atom. The lowest BCUT2D eigenvalue weighted by Crippen LogP contribution is -2.31. The van der Waals surface area contributed by atoms with Crippen molar-refractivity contribution in [1.29, 1.82) is 0 Å². The lowest BCUT2D eigenvalue weighted by molar-refractivity contribution is -0.101. The van der Waals surface area contributed by atoms with Crippen molar-refractivity contribution in [3.8, 4) is 18.1 Å². The van der Waals surface area contributed by atoms with E-state index in [2.05, 4.69) is 11.0 Å². The number of allylic oxidation sites excluding steroid dienone is 2. The van der Waals surface area contributed by atoms with Crippen LogP contribution < -0.4 is 9.75 Å². The number of sulfone groups is 1. The number of halogens is 4. The molecule has 0 saturated heterocycles. The highest BCUT2D eigenvalue weighted by atomic mass is 32.2. The van der Waals surface area contributed by atoms with Crippen LogP contribution in [0.3, 0.4) is 0 Å². The molecule has 1 aliphatic heterocycles. The van der Waals surface area contributed by atoms with Gasteiger partial charge < -0.3 is 4.74 Å². The summed E-state index contributed by atoms with van der Waals surface area (Å²) in [6.45, 7) is -0.470. The highest BCUT2D eigenvalue weighted by Crippen LogP contribution is 2.40. The molecule has 0 spiro atoms. The van der Waals surface area contributed by atoms with Crippen molar-refractivity contribution in [2.24, 2.45) is 5.10 Å². The molecule has 0 atom stereocenters. The van der Waals surface area contributed by atoms with Crippen LogP contribution in [-0.4, -0.2) is 40.2 Å². The van der Waals surface area contributed by atoms with Gasteiger partial charge >= 0.3 is 11.9 Å². The molecule has 0 aliphatic carbocycles. The number of terminal acetylenes is 1. The van der Waals surface area contributed by atoms with Crippen LogP contribution >= 0.6 is 0 Å². The maximum absolute atomic E-state index is 14.3. The topological polar surface area (TPSA) is 61.6 Å². The first kappa shape index (κ1) is 22.5. The third kappa shape index (κ3) is 4.47. The summed E-state index contributed by atoms with van der Waals surface area (Å²) >= 11 is 0. The Balaban J connectivity index is 2.25. The predicted molar refractivity (Wildman–Crippen MR) is 108 cm³/mol. The zero-order chi connectivity index (χ0) is 23.0. The second-order valence-electron chi connectivity index (χ2n) is 6.58. The van der Waals surface area contributed by atoms with E-state index in [9.17, 15) is 26.0 Å². The Bertz CT molecular complexity index is 1220. The maximum atomic E-state index is 14.3. The Hall–Kier alpha value is -3.16. The monoisotopic (exact) mass is 452 g/mol. The first-order chi connectivity index (χ1) is 14.5. The van der Waals surface area contributed by atoms with E-state index in [1.165, 1.54) is 43.5 Å². The molecule has 1 radical (unpaired) electrons. The average Bonchev–Trinajstić information content (AvgIpc) is 3.07. The van der Waals surface area contributed by atoms with E-state index in [1.807, 2.05) is 0 Å². The molecule has 0 saturated carbocycles. The second kappa shape index (κ2) is 8.17. The highest BCUT2D eigenvalue weighted by molar-refractivity contribution is 7.90. The van der Waals surface area contributed by atoms with E-state index in [0.717, 1.165) is 12.3 Å². The fraction of sp³-hybridized carbons (Fsp3) is 0.190. The molecule has 161 valence electrons. The number of rotatable bonds is 5. The fourth-order valence-electron chi connectivity index (χ4n) is 3.11. The lowest BCUT2D eigenvalue weighted by Gasteiger charge is -2.11. The number of methoxy groups -OCH3 is 1. The van der Waals surface area contributed by atoms with Crippen molar-refractivity contribution >= 4 is 21.1 Å². The SMILES string of the molecule is C#CC[N+]1N=C(c2ccc(S(C)(=O)=O)cc2)C(c2ccc(OC)c(F)c2)=C1C(F)(F)F. The minimum atomic E-state index is -4.85. The molecule has 1 heterocycles. The van der Waals surface area contributed by atoms with E-state index >= 15 is 0 Å². The number of ether oxygens (including phenoxy) is 1. The van der Waals surface area contributed by atoms with Crippen LogP contribution in [0.25, 0.3) is 5.57 Å². The summed E-state index contributed by atoms with van der Waals surface area (Å²) in [5, 5.41) is 4.65. The Morgan fingerprint density at radius 3 is 2.23 bits per heavy atom. The van der Waals surface area contributed by atoms with Crippen LogP contribution in [0.5, 0.6) is 5.75 Å². The minimum Gasteiger partial charge on any atom is -0.494 e. The quantitative estimate of drug-likeness (QED) is 0.395. The van der Waals surface area contributed by atoms with Crippen molar-refractivity contribution in [2.45, 2.75) is 11.1 Å². The van der Waals surface area contributed by atoms with Crippen LogP contribution in [0.1, 0.15) is 11.1 Å². The Morgan fingerprint density at radius 1 is 1.13 bits per heavy atom. The van der Waals surface area contributed by atoms with Crippen molar-refractivity contribution in [1.82, 2.24) is 5.01 Å². The molecule has 2 aromatic carbocycles. The first-order valence-corrected chi connectivity index (χ1v) is 10.6. The van der Waals surface area contributed by atoms with Crippen molar-refractivity contribution < 1.29 is 30.7 Å². The first-order valence-electron chi connectivity index (χ1n) is 8.73. The number of alkyl halides is 3. The normalized spacial score (nSPS) is 15.1. The third-order valence-corrected chi connectivity index (χ3v) is 5.59. The number of hydrazone groups is 1. The second-order valence-corrected chi connectivity index (χ2v) is 8.59. The van der Waals surface area contributed by atoms with E-state index in [1.54, 1.807) is 0 Å². The molecule has 0 aromatic heterocycles. The molecule has 0 N–H and O–H groups in total. The van der Waals surface area contributed by atoms with Gasteiger partial charge in [-0.05, 0) is 40.9 Å². The van der Waals surface area contributed by atoms with Crippen LogP contribution in [-0.2, 0) is 9.84 Å². The summed E-state index contributed by atoms with van der Waals surface area (Å²) in [6.07, 6.45) is 1.38. The van der Waals surface area contributed by atoms with Gasteiger partial charge in [-0.3, -0.25) is 0 Å². The molecule has 2 aromatic rings. The van der Waals surface area contributed by atoms with E-state index in [-0.39, 0.29) is 33.1 Å². The summed E-state index contributed by atoms with van der Waals surface area (Å²) in [7, 11) is -2.27. The number of hydrogen-bond acceptors (Lipinski definition) is 5. The van der Waals surface area contributed by atoms with Gasteiger partial charge in [0.05, 0.1) is 17.6 Å². The zero-order valence-corrected chi connectivity index (χ0v) is 17.2. The molecule has 0 fully saturated rings. The van der Waals surface area contributed by atoms with Gasteiger partial charge in [0.2, 0.25) is 6.54 Å². The molecule has 31 heavy (non-hydrogen) atoms. The minimum absolute atomic E-state index is 0.00704. The van der Waals surface area contributed by atoms with E-state index in [4.69, 9.17) is 11.2 Å². The van der Waals surface area contributed by atoms with Gasteiger partial charge in [0.25, 0.3) is 0 Å². The van der Waals surface area contributed by atoms with Gasteiger partial charge in [-0.25, -0.2) is 12.8 Å². The smallest absolute Gasteiger partial charge is 0.475 e. The third-order valence-electron chi connectivity index (χ3n) is 4.46. The summed E-state index contributed by atoms with van der Waals surface area (Å²) in [6, 6.07) is 8.60. The number of nitrogens with zero attached hydrogens (tertiary/aromatic N) is 2. The van der Waals surface area contributed by atoms with Crippen molar-refractivity contribution in [3.63, 3.8) is 0 Å². The highest BCUT2D eigenvalue weighted by Gasteiger charge is 2.54. The number of benzene rings is 2. The van der Waals surface area contributed by atoms with Crippen molar-refractivity contribution in [3.05, 3.63) is 65.1 Å². The summed E-state index contributed by atoms with van der Waals surface area (Å²) < 4.78 is 84.5. The maximum Gasteiger partial charge on any atom is 0.475 e. The van der Waals surface area contributed by atoms with Gasteiger partial charge in [0.1, 0.15) is 5.71 Å². The summed E-state index contributed by atoms with van der Waals surface area (Å²) in [5.41, 5.74) is -1.52. The van der Waals surface area contributed by atoms with Crippen LogP contribution in [0.2, 0.25) is 0 Å². The van der Waals surface area contributed by atoms with E-state index in [0.29, 0.717) is 5.01 Å². The van der Waals surface area contributed by atoms with Crippen LogP contribution in [0, 0.1) is 18.2 Å². The molecule has 0 unspecified atom stereocenters. The standard InChI is InChI=1S/C21H16F4N2O3S/c1-4-11-27-20(21(23,24)25)18(14-7-10-17(30-2)16(22)12-14)19(26-27)13-5-8-15(9-6-13)31(3,28)29/h1,5-10,12H,11H2,2-3H3/q+1. The molecule has 10 heteroatoms. The van der Waals surface area contributed by atoms with E-state index < -0.39 is 34.1 Å². The summed E-state index contributed by atoms with van der Waals surface area (Å²) in [5.74, 6) is 1.14. The predicted octanol–water partition coefficient (Wildman–Crippen LogP) is 3.70. The molecule has 5 nitrogen and oxygen atoms in total. The molecule has 0 amide bonds. The van der Waals surface area contributed by atoms with Gasteiger partial charge in [-0.1, -0.05) is 18.2 Å². The number of hydrogen-bond donors (Lipinski definition) is 0. The van der Waals surface area contributed by atoms with Gasteiger partial charge in [-0.15, -0.1) is 6.42 Å². The molecular weight excluding hydrogens is 436 g/mol. The molecular formula is C21H16F4N2O3S+. The largest absolute Gasteiger partial charge is 0.494 e. The van der Waals surface area contributed by atoms with Gasteiger partial charge in [0.15, 0.2) is 21.4 Å². The molecule has 1 aliphatic rings. The Kier molecular flexibility index (Phi) is 5.93. The Labute approximate surface area is 176 Å².